The van der Waals surface area contributed by atoms with E-state index in [1.165, 1.54) is 12.3 Å². The maximum Gasteiger partial charge on any atom is 0.254 e. The number of nitrogens with one attached hydrogen (secondary N) is 2. The van der Waals surface area contributed by atoms with E-state index in [9.17, 15) is 9.18 Å². The molecule has 18 heavy (non-hydrogen) atoms. The number of carbonyl (C=O) groups excluding carboxylic acids is 1. The molecule has 100 valence electrons. The summed E-state index contributed by atoms with van der Waals surface area (Å²) in [7, 11) is 0. The Labute approximate surface area is 110 Å². The summed E-state index contributed by atoms with van der Waals surface area (Å²) in [5, 5.41) is 3.12. The monoisotopic (exact) mass is 272 g/mol. The molecule has 0 aliphatic carbocycles. The number of hydrogen-bond acceptors (Lipinski definition) is 5. The molecule has 1 rings (SSSR count). The van der Waals surface area contributed by atoms with Crippen molar-refractivity contribution in [3.63, 3.8) is 0 Å². The van der Waals surface area contributed by atoms with E-state index in [1.54, 1.807) is 11.8 Å². The second kappa shape index (κ2) is 7.17. The molecule has 0 bridgehead atoms. The van der Waals surface area contributed by atoms with Gasteiger partial charge in [-0.3, -0.25) is 4.79 Å². The van der Waals surface area contributed by atoms with Gasteiger partial charge in [0.25, 0.3) is 5.91 Å². The normalized spacial score (nSPS) is 12.0. The van der Waals surface area contributed by atoms with E-state index in [2.05, 4.69) is 22.7 Å². The number of nitrogen functional groups attached to an aromatic ring is 1. The summed E-state index contributed by atoms with van der Waals surface area (Å²) in [4.78, 5) is 15.4. The second-order valence-corrected chi connectivity index (χ2v) is 5.03. The average Bonchev–Trinajstić information content (AvgIpc) is 2.38. The molecule has 1 amide bonds. The summed E-state index contributed by atoms with van der Waals surface area (Å²) >= 11 is 1.72. The Hall–Kier alpha value is -1.34. The molecule has 1 aromatic rings. The summed E-state index contributed by atoms with van der Waals surface area (Å²) in [6.45, 7) is 2.58. The van der Waals surface area contributed by atoms with E-state index >= 15 is 0 Å². The number of nitrogens with zero attached hydrogens (tertiary/aromatic N) is 1. The molecular formula is C11H17FN4OS. The fraction of sp³-hybridized carbons (Fsp3) is 0.455. The van der Waals surface area contributed by atoms with Crippen LogP contribution in [0, 0.1) is 5.82 Å². The van der Waals surface area contributed by atoms with E-state index < -0.39 is 11.7 Å². The fourth-order valence-corrected chi connectivity index (χ4v) is 1.68. The fourth-order valence-electron chi connectivity index (χ4n) is 1.32. The highest BCUT2D eigenvalue weighted by atomic mass is 32.2. The van der Waals surface area contributed by atoms with Gasteiger partial charge in [0.15, 0.2) is 11.6 Å². The molecule has 0 spiro atoms. The van der Waals surface area contributed by atoms with Crippen LogP contribution in [0.25, 0.3) is 0 Å². The zero-order valence-corrected chi connectivity index (χ0v) is 11.2. The van der Waals surface area contributed by atoms with Gasteiger partial charge in [0.2, 0.25) is 0 Å². The lowest BCUT2D eigenvalue weighted by atomic mass is 10.2. The second-order valence-electron chi connectivity index (χ2n) is 3.76. The van der Waals surface area contributed by atoms with Crippen LogP contribution in [0.4, 0.5) is 10.2 Å². The van der Waals surface area contributed by atoms with Gasteiger partial charge in [-0.15, -0.1) is 0 Å². The predicted octanol–water partition coefficient (Wildman–Crippen LogP) is 1.38. The van der Waals surface area contributed by atoms with Crippen molar-refractivity contribution in [2.24, 2.45) is 5.84 Å². The third kappa shape index (κ3) is 3.85. The average molecular weight is 272 g/mol. The molecule has 0 fully saturated rings. The molecule has 0 aromatic carbocycles. The molecule has 0 radical (unpaired) electrons. The number of pyridine rings is 1. The Kier molecular flexibility index (Phi) is 5.87. The highest BCUT2D eigenvalue weighted by molar-refractivity contribution is 7.99. The third-order valence-corrected chi connectivity index (χ3v) is 3.55. The largest absolute Gasteiger partial charge is 0.352 e. The molecule has 7 heteroatoms. The molecule has 0 saturated carbocycles. The minimum atomic E-state index is -0.740. The van der Waals surface area contributed by atoms with Crippen LogP contribution in [0.3, 0.4) is 0 Å². The van der Waals surface area contributed by atoms with Crippen molar-refractivity contribution >= 4 is 23.5 Å². The van der Waals surface area contributed by atoms with Crippen LogP contribution in [0.2, 0.25) is 0 Å². The van der Waals surface area contributed by atoms with Crippen LogP contribution in [0.15, 0.2) is 12.3 Å². The van der Waals surface area contributed by atoms with Gasteiger partial charge < -0.3 is 10.7 Å². The molecule has 5 nitrogen and oxygen atoms in total. The van der Waals surface area contributed by atoms with Crippen LogP contribution < -0.4 is 16.6 Å². The van der Waals surface area contributed by atoms with Gasteiger partial charge in [-0.2, -0.15) is 11.8 Å². The maximum atomic E-state index is 13.7. The van der Waals surface area contributed by atoms with Crippen molar-refractivity contribution in [2.75, 3.05) is 18.2 Å². The quantitative estimate of drug-likeness (QED) is 0.538. The van der Waals surface area contributed by atoms with E-state index in [1.807, 2.05) is 6.26 Å². The molecule has 0 saturated heterocycles. The lowest BCUT2D eigenvalue weighted by molar-refractivity contribution is 0.0949. The van der Waals surface area contributed by atoms with Crippen molar-refractivity contribution in [3.05, 3.63) is 23.6 Å². The summed E-state index contributed by atoms with van der Waals surface area (Å²) in [5.41, 5.74) is 2.04. The highest BCUT2D eigenvalue weighted by Gasteiger charge is 2.15. The first-order chi connectivity index (χ1) is 8.60. The topological polar surface area (TPSA) is 80.0 Å². The molecule has 0 aliphatic heterocycles. The molecular weight excluding hydrogens is 255 g/mol. The SMILES string of the molecule is CSC(C)CCNC(=O)c1ccnc(NN)c1F. The number of aromatic nitrogens is 1. The number of hydrogen-bond donors (Lipinski definition) is 3. The Morgan fingerprint density at radius 3 is 3.00 bits per heavy atom. The van der Waals surface area contributed by atoms with Crippen LogP contribution >= 0.6 is 11.8 Å². The minimum Gasteiger partial charge on any atom is -0.352 e. The van der Waals surface area contributed by atoms with Crippen molar-refractivity contribution < 1.29 is 9.18 Å². The third-order valence-electron chi connectivity index (χ3n) is 2.51. The maximum absolute atomic E-state index is 13.7. The van der Waals surface area contributed by atoms with Gasteiger partial charge in [0, 0.05) is 18.0 Å². The smallest absolute Gasteiger partial charge is 0.254 e. The van der Waals surface area contributed by atoms with E-state index in [0.717, 1.165) is 6.42 Å². The number of rotatable bonds is 6. The first-order valence-electron chi connectivity index (χ1n) is 5.52. The molecule has 1 unspecified atom stereocenters. The van der Waals surface area contributed by atoms with E-state index in [-0.39, 0.29) is 11.4 Å². The summed E-state index contributed by atoms with van der Waals surface area (Å²) in [6, 6.07) is 1.32. The number of halogens is 1. The number of carbonyl (C=O) groups is 1. The van der Waals surface area contributed by atoms with Gasteiger partial charge >= 0.3 is 0 Å². The van der Waals surface area contributed by atoms with Crippen LogP contribution in [0.1, 0.15) is 23.7 Å². The van der Waals surface area contributed by atoms with Gasteiger partial charge in [0.05, 0.1) is 5.56 Å². The highest BCUT2D eigenvalue weighted by Crippen LogP contribution is 2.14. The molecule has 1 atom stereocenters. The lowest BCUT2D eigenvalue weighted by Crippen LogP contribution is -2.27. The number of thioether (sulfide) groups is 1. The number of nitrogens with two attached hydrogens (primary N) is 1. The first-order valence-corrected chi connectivity index (χ1v) is 6.81. The lowest BCUT2D eigenvalue weighted by Gasteiger charge is -2.10. The summed E-state index contributed by atoms with van der Waals surface area (Å²) in [6.07, 6.45) is 4.17. The van der Waals surface area contributed by atoms with Gasteiger partial charge in [-0.05, 0) is 18.7 Å². The van der Waals surface area contributed by atoms with Crippen molar-refractivity contribution in [3.8, 4) is 0 Å². The van der Waals surface area contributed by atoms with Crippen molar-refractivity contribution in [2.45, 2.75) is 18.6 Å². The Morgan fingerprint density at radius 1 is 1.67 bits per heavy atom. The van der Waals surface area contributed by atoms with E-state index in [0.29, 0.717) is 11.8 Å². The molecule has 0 aliphatic rings. The zero-order valence-electron chi connectivity index (χ0n) is 10.4. The Balaban J connectivity index is 2.62. The molecule has 4 N–H and O–H groups in total. The van der Waals surface area contributed by atoms with Crippen LogP contribution in [0.5, 0.6) is 0 Å². The van der Waals surface area contributed by atoms with Gasteiger partial charge in [-0.1, -0.05) is 6.92 Å². The zero-order chi connectivity index (χ0) is 13.5. The Bertz CT molecular complexity index is 416. The van der Waals surface area contributed by atoms with Crippen LogP contribution in [-0.2, 0) is 0 Å². The summed E-state index contributed by atoms with van der Waals surface area (Å²) < 4.78 is 13.7. The Morgan fingerprint density at radius 2 is 2.39 bits per heavy atom. The standard InChI is InChI=1S/C11H17FN4OS/c1-7(18-2)3-5-15-11(17)8-4-6-14-10(16-13)9(8)12/h4,6-7H,3,5,13H2,1-2H3,(H,14,16)(H,15,17). The summed E-state index contributed by atoms with van der Waals surface area (Å²) in [5.74, 6) is 3.75. The first kappa shape index (κ1) is 14.7. The number of hydrazine groups is 1. The number of amides is 1. The molecule has 1 aromatic heterocycles. The van der Waals surface area contributed by atoms with Crippen LogP contribution in [-0.4, -0.2) is 28.9 Å². The van der Waals surface area contributed by atoms with Gasteiger partial charge in [-0.25, -0.2) is 15.2 Å². The van der Waals surface area contributed by atoms with E-state index in [4.69, 9.17) is 5.84 Å². The molecule has 1 heterocycles. The van der Waals surface area contributed by atoms with Gasteiger partial charge in [0.1, 0.15) is 0 Å². The minimum absolute atomic E-state index is 0.0604. The van der Waals surface area contributed by atoms with Crippen molar-refractivity contribution in [1.82, 2.24) is 10.3 Å². The van der Waals surface area contributed by atoms with Crippen molar-refractivity contribution in [1.29, 1.82) is 0 Å². The predicted molar refractivity (Wildman–Crippen MR) is 71.9 cm³/mol. The number of anilines is 1.